The third kappa shape index (κ3) is 2.15. The predicted molar refractivity (Wildman–Crippen MR) is 51.9 cm³/mol. The lowest BCUT2D eigenvalue weighted by Crippen LogP contribution is -2.06. The summed E-state index contributed by atoms with van der Waals surface area (Å²) in [7, 11) is 0. The van der Waals surface area contributed by atoms with Crippen molar-refractivity contribution in [2.45, 2.75) is 6.18 Å². The van der Waals surface area contributed by atoms with Gasteiger partial charge >= 0.3 is 6.18 Å². The molecule has 0 radical (unpaired) electrons. The number of aromatic nitrogens is 2. The summed E-state index contributed by atoms with van der Waals surface area (Å²) in [5.74, 6) is -0.998. The van der Waals surface area contributed by atoms with Gasteiger partial charge in [-0.3, -0.25) is 0 Å². The van der Waals surface area contributed by atoms with Gasteiger partial charge in [-0.1, -0.05) is 11.6 Å². The van der Waals surface area contributed by atoms with Crippen molar-refractivity contribution in [3.05, 3.63) is 28.5 Å². The van der Waals surface area contributed by atoms with Crippen LogP contribution in [0.5, 0.6) is 0 Å². The van der Waals surface area contributed by atoms with Crippen molar-refractivity contribution >= 4 is 22.9 Å². The number of imidazole rings is 1. The zero-order chi connectivity index (χ0) is 11.1. The molecule has 15 heavy (non-hydrogen) atoms. The molecule has 0 saturated heterocycles. The first-order chi connectivity index (χ1) is 6.97. The molecule has 7 heteroatoms. The van der Waals surface area contributed by atoms with E-state index in [9.17, 15) is 13.2 Å². The lowest BCUT2D eigenvalue weighted by atomic mass is 10.4. The second-order valence-corrected chi connectivity index (χ2v) is 4.46. The third-order valence-electron chi connectivity index (χ3n) is 1.68. The molecule has 0 aliphatic carbocycles. The maximum absolute atomic E-state index is 12.2. The topological polar surface area (TPSA) is 28.7 Å². The Kier molecular flexibility index (Phi) is 2.47. The Hall–Kier alpha value is -1.01. The number of thiophene rings is 1. The molecule has 2 nitrogen and oxygen atoms in total. The number of hydrogen-bond donors (Lipinski definition) is 1. The van der Waals surface area contributed by atoms with E-state index in [1.54, 1.807) is 12.1 Å². The number of rotatable bonds is 1. The smallest absolute Gasteiger partial charge is 0.334 e. The van der Waals surface area contributed by atoms with Crippen LogP contribution < -0.4 is 0 Å². The maximum Gasteiger partial charge on any atom is 0.449 e. The maximum atomic E-state index is 12.2. The number of aromatic amines is 1. The number of nitrogens with one attached hydrogen (secondary N) is 1. The second kappa shape index (κ2) is 3.53. The van der Waals surface area contributed by atoms with Crippen molar-refractivity contribution in [2.75, 3.05) is 0 Å². The molecule has 0 amide bonds. The summed E-state index contributed by atoms with van der Waals surface area (Å²) < 4.78 is 37.1. The van der Waals surface area contributed by atoms with Gasteiger partial charge in [0.05, 0.1) is 21.1 Å². The van der Waals surface area contributed by atoms with Crippen molar-refractivity contribution < 1.29 is 13.2 Å². The molecule has 0 unspecified atom stereocenters. The number of nitrogens with zero attached hydrogens (tertiary/aromatic N) is 1. The van der Waals surface area contributed by atoms with Crippen LogP contribution in [-0.2, 0) is 6.18 Å². The van der Waals surface area contributed by atoms with Crippen molar-refractivity contribution in [3.8, 4) is 10.6 Å². The van der Waals surface area contributed by atoms with Crippen LogP contribution in [0.2, 0.25) is 4.34 Å². The highest BCUT2D eigenvalue weighted by molar-refractivity contribution is 7.19. The van der Waals surface area contributed by atoms with E-state index in [4.69, 9.17) is 11.6 Å². The molecular formula is C8H4ClF3N2S. The molecule has 0 spiro atoms. The quantitative estimate of drug-likeness (QED) is 0.821. The zero-order valence-electron chi connectivity index (χ0n) is 7.10. The van der Waals surface area contributed by atoms with Crippen LogP contribution in [0.4, 0.5) is 13.2 Å². The molecule has 0 saturated carbocycles. The van der Waals surface area contributed by atoms with Crippen LogP contribution in [-0.4, -0.2) is 9.97 Å². The Balaban J connectivity index is 2.36. The van der Waals surface area contributed by atoms with Gasteiger partial charge in [0.2, 0.25) is 5.82 Å². The minimum absolute atomic E-state index is 0.319. The molecule has 0 aromatic carbocycles. The number of H-pyrrole nitrogens is 1. The molecule has 0 aliphatic heterocycles. The Morgan fingerprint density at radius 3 is 2.53 bits per heavy atom. The van der Waals surface area contributed by atoms with E-state index in [0.29, 0.717) is 14.9 Å². The van der Waals surface area contributed by atoms with Crippen molar-refractivity contribution in [2.24, 2.45) is 0 Å². The molecule has 1 N–H and O–H groups in total. The monoisotopic (exact) mass is 252 g/mol. The molecule has 80 valence electrons. The summed E-state index contributed by atoms with van der Waals surface area (Å²) in [6.45, 7) is 0. The van der Waals surface area contributed by atoms with Crippen LogP contribution in [0.1, 0.15) is 5.82 Å². The first-order valence-corrected chi connectivity index (χ1v) is 5.04. The highest BCUT2D eigenvalue weighted by Crippen LogP contribution is 2.32. The fourth-order valence-electron chi connectivity index (χ4n) is 1.05. The van der Waals surface area contributed by atoms with Gasteiger partial charge in [-0.25, -0.2) is 4.98 Å². The fraction of sp³-hybridized carbons (Fsp3) is 0.125. The van der Waals surface area contributed by atoms with Crippen molar-refractivity contribution in [1.29, 1.82) is 0 Å². The molecule has 0 aliphatic rings. The Bertz CT molecular complexity index is 474. The first kappa shape index (κ1) is 10.5. The number of hydrogen-bond acceptors (Lipinski definition) is 2. The summed E-state index contributed by atoms with van der Waals surface area (Å²) in [6.07, 6.45) is -3.30. The highest BCUT2D eigenvalue weighted by Gasteiger charge is 2.34. The van der Waals surface area contributed by atoms with E-state index in [2.05, 4.69) is 9.97 Å². The number of alkyl halides is 3. The molecule has 2 rings (SSSR count). The summed E-state index contributed by atoms with van der Waals surface area (Å²) in [6, 6.07) is 3.26. The van der Waals surface area contributed by atoms with E-state index < -0.39 is 12.0 Å². The molecule has 2 aromatic rings. The Morgan fingerprint density at radius 1 is 1.33 bits per heavy atom. The normalized spacial score (nSPS) is 12.0. The van der Waals surface area contributed by atoms with Gasteiger partial charge < -0.3 is 4.98 Å². The second-order valence-electron chi connectivity index (χ2n) is 2.75. The molecule has 2 aromatic heterocycles. The molecule has 0 atom stereocenters. The molecule has 0 bridgehead atoms. The first-order valence-electron chi connectivity index (χ1n) is 3.85. The largest absolute Gasteiger partial charge is 0.449 e. The van der Waals surface area contributed by atoms with E-state index in [-0.39, 0.29) is 0 Å². The Labute approximate surface area is 91.7 Å². The SMILES string of the molecule is FC(F)(F)c1ncc(-c2ccc(Cl)s2)[nH]1. The van der Waals surface area contributed by atoms with Gasteiger partial charge in [0.1, 0.15) is 0 Å². The summed E-state index contributed by atoms with van der Waals surface area (Å²) in [5, 5.41) is 0. The third-order valence-corrected chi connectivity index (χ3v) is 2.95. The van der Waals surface area contributed by atoms with Crippen molar-refractivity contribution in [3.63, 3.8) is 0 Å². The molecule has 0 fully saturated rings. The van der Waals surface area contributed by atoms with Gasteiger partial charge in [0.25, 0.3) is 0 Å². The lowest BCUT2D eigenvalue weighted by molar-refractivity contribution is -0.144. The van der Waals surface area contributed by atoms with E-state index in [1.807, 2.05) is 0 Å². The van der Waals surface area contributed by atoms with Gasteiger partial charge in [-0.15, -0.1) is 11.3 Å². The summed E-state index contributed by atoms with van der Waals surface area (Å²) >= 11 is 6.86. The van der Waals surface area contributed by atoms with E-state index in [0.717, 1.165) is 6.20 Å². The molecule has 2 heterocycles. The Morgan fingerprint density at radius 2 is 2.07 bits per heavy atom. The average molecular weight is 253 g/mol. The van der Waals surface area contributed by atoms with Crippen LogP contribution in [0, 0.1) is 0 Å². The van der Waals surface area contributed by atoms with Gasteiger partial charge in [-0.05, 0) is 12.1 Å². The standard InChI is InChI=1S/C8H4ClF3N2S/c9-6-2-1-5(15-6)4-3-13-7(14-4)8(10,11)12/h1-3H,(H,13,14). The summed E-state index contributed by atoms with van der Waals surface area (Å²) in [5.41, 5.74) is 0.319. The minimum atomic E-state index is -4.45. The van der Waals surface area contributed by atoms with Gasteiger partial charge in [0, 0.05) is 0 Å². The van der Waals surface area contributed by atoms with Gasteiger partial charge in [-0.2, -0.15) is 13.2 Å². The molecular weight excluding hydrogens is 249 g/mol. The van der Waals surface area contributed by atoms with Gasteiger partial charge in [0.15, 0.2) is 0 Å². The van der Waals surface area contributed by atoms with E-state index >= 15 is 0 Å². The van der Waals surface area contributed by atoms with Crippen LogP contribution >= 0.6 is 22.9 Å². The minimum Gasteiger partial charge on any atom is -0.334 e. The highest BCUT2D eigenvalue weighted by atomic mass is 35.5. The lowest BCUT2D eigenvalue weighted by Gasteiger charge is -1.99. The number of halogens is 4. The fourth-order valence-corrected chi connectivity index (χ4v) is 2.06. The van der Waals surface area contributed by atoms with E-state index in [1.165, 1.54) is 11.3 Å². The predicted octanol–water partition coefficient (Wildman–Crippen LogP) is 3.81. The average Bonchev–Trinajstić information content (AvgIpc) is 2.69. The van der Waals surface area contributed by atoms with Crippen molar-refractivity contribution in [1.82, 2.24) is 9.97 Å². The van der Waals surface area contributed by atoms with Crippen LogP contribution in [0.25, 0.3) is 10.6 Å². The van der Waals surface area contributed by atoms with Crippen LogP contribution in [0.15, 0.2) is 18.3 Å². The summed E-state index contributed by atoms with van der Waals surface area (Å²) in [4.78, 5) is 6.08. The zero-order valence-corrected chi connectivity index (χ0v) is 8.67. The van der Waals surface area contributed by atoms with Crippen LogP contribution in [0.3, 0.4) is 0 Å².